The zero-order valence-electron chi connectivity index (χ0n) is 21.2. The molecule has 2 amide bonds. The average Bonchev–Trinajstić information content (AvgIpc) is 3.07. The lowest BCUT2D eigenvalue weighted by Gasteiger charge is -2.28. The molecule has 2 aromatic rings. The molecule has 184 valence electrons. The third-order valence-corrected chi connectivity index (χ3v) is 6.96. The Hall–Kier alpha value is -3.95. The predicted octanol–water partition coefficient (Wildman–Crippen LogP) is 5.04. The van der Waals surface area contributed by atoms with Crippen molar-refractivity contribution in [2.24, 2.45) is 0 Å². The Morgan fingerprint density at radius 3 is 2.39 bits per heavy atom. The fraction of sp³-hybridized carbons (Fsp3) is 0.300. The molecule has 0 radical (unpaired) electrons. The van der Waals surface area contributed by atoms with Crippen LogP contribution in [0.2, 0.25) is 0 Å². The number of carbonyl (C=O) groups is 2. The summed E-state index contributed by atoms with van der Waals surface area (Å²) in [5.41, 5.74) is 4.97. The Kier molecular flexibility index (Phi) is 7.23. The van der Waals surface area contributed by atoms with Gasteiger partial charge in [-0.1, -0.05) is 62.4 Å². The number of imide groups is 1. The first-order valence-corrected chi connectivity index (χ1v) is 12.1. The smallest absolute Gasteiger partial charge is 0.271 e. The van der Waals surface area contributed by atoms with Crippen molar-refractivity contribution in [2.75, 3.05) is 25.1 Å². The highest BCUT2D eigenvalue weighted by atomic mass is 16.5. The highest BCUT2D eigenvalue weighted by Crippen LogP contribution is 2.46. The van der Waals surface area contributed by atoms with Crippen LogP contribution in [-0.4, -0.2) is 36.9 Å². The second-order valence-corrected chi connectivity index (χ2v) is 9.60. The molecule has 0 aliphatic carbocycles. The summed E-state index contributed by atoms with van der Waals surface area (Å²) in [5.74, 6) is -0.925. The number of amides is 2. The summed E-state index contributed by atoms with van der Waals surface area (Å²) in [5, 5.41) is 9.67. The predicted molar refractivity (Wildman–Crippen MR) is 140 cm³/mol. The van der Waals surface area contributed by atoms with E-state index in [9.17, 15) is 14.9 Å². The Balaban J connectivity index is 1.53. The lowest BCUT2D eigenvalue weighted by atomic mass is 9.83. The van der Waals surface area contributed by atoms with Gasteiger partial charge in [0.25, 0.3) is 11.8 Å². The maximum atomic E-state index is 13.4. The molecule has 6 nitrogen and oxygen atoms in total. The third-order valence-electron chi connectivity index (χ3n) is 6.96. The second kappa shape index (κ2) is 10.3. The molecule has 0 atom stereocenters. The van der Waals surface area contributed by atoms with Crippen molar-refractivity contribution < 1.29 is 14.3 Å². The van der Waals surface area contributed by atoms with Crippen LogP contribution in [-0.2, 0) is 26.3 Å². The zero-order valence-corrected chi connectivity index (χ0v) is 21.2. The van der Waals surface area contributed by atoms with E-state index in [0.717, 1.165) is 16.9 Å². The van der Waals surface area contributed by atoms with E-state index in [2.05, 4.69) is 30.9 Å². The molecule has 36 heavy (non-hydrogen) atoms. The van der Waals surface area contributed by atoms with Crippen molar-refractivity contribution in [1.29, 1.82) is 5.26 Å². The number of ether oxygens (including phenoxy) is 1. The molecular formula is C30H31N3O3. The average molecular weight is 482 g/mol. The first kappa shape index (κ1) is 25.2. The summed E-state index contributed by atoms with van der Waals surface area (Å²) >= 11 is 0. The van der Waals surface area contributed by atoms with Gasteiger partial charge < -0.3 is 9.64 Å². The molecule has 2 aliphatic heterocycles. The van der Waals surface area contributed by atoms with Crippen molar-refractivity contribution >= 4 is 17.5 Å². The van der Waals surface area contributed by atoms with Crippen LogP contribution >= 0.6 is 0 Å². The highest BCUT2D eigenvalue weighted by molar-refractivity contribution is 6.18. The Labute approximate surface area is 212 Å². The monoisotopic (exact) mass is 481 g/mol. The van der Waals surface area contributed by atoms with Crippen molar-refractivity contribution in [3.8, 4) is 6.07 Å². The Morgan fingerprint density at radius 1 is 1.00 bits per heavy atom. The molecule has 0 fully saturated rings. The Bertz CT molecular complexity index is 1310. The molecule has 6 heteroatoms. The normalized spacial score (nSPS) is 19.3. The number of allylic oxidation sites excluding steroid dienone is 3. The molecule has 2 aliphatic rings. The van der Waals surface area contributed by atoms with Crippen LogP contribution < -0.4 is 4.90 Å². The van der Waals surface area contributed by atoms with Gasteiger partial charge in [0.15, 0.2) is 0 Å². The van der Waals surface area contributed by atoms with Gasteiger partial charge in [0.05, 0.1) is 6.61 Å². The van der Waals surface area contributed by atoms with Crippen LogP contribution in [0.5, 0.6) is 0 Å². The number of carbonyl (C=O) groups excluding carboxylic acids is 2. The Morgan fingerprint density at radius 2 is 1.69 bits per heavy atom. The second-order valence-electron chi connectivity index (χ2n) is 9.60. The number of nitriles is 1. The molecule has 0 saturated carbocycles. The number of hydrogen-bond donors (Lipinski definition) is 0. The summed E-state index contributed by atoms with van der Waals surface area (Å²) in [6.07, 6.45) is 4.17. The largest absolute Gasteiger partial charge is 0.377 e. The minimum absolute atomic E-state index is 0.00627. The number of hydrogen-bond acceptors (Lipinski definition) is 5. The SMILES string of the molecule is CC1=C(C#N)C(=O)N(CCCOCc2ccccc2)C(=O)/C1=C\C=C1/N(C)c2ccccc2C1(C)C. The van der Waals surface area contributed by atoms with Gasteiger partial charge in [-0.2, -0.15) is 5.26 Å². The van der Waals surface area contributed by atoms with Gasteiger partial charge in [-0.25, -0.2) is 0 Å². The molecule has 0 aromatic heterocycles. The summed E-state index contributed by atoms with van der Waals surface area (Å²) < 4.78 is 5.71. The van der Waals surface area contributed by atoms with Crippen molar-refractivity contribution in [3.63, 3.8) is 0 Å². The van der Waals surface area contributed by atoms with Gasteiger partial charge in [-0.15, -0.1) is 0 Å². The van der Waals surface area contributed by atoms with Crippen molar-refractivity contribution in [3.05, 3.63) is 100 Å². The van der Waals surface area contributed by atoms with Gasteiger partial charge in [0, 0.05) is 42.6 Å². The molecular weight excluding hydrogens is 450 g/mol. The topological polar surface area (TPSA) is 73.6 Å². The van der Waals surface area contributed by atoms with Crippen LogP contribution in [0.1, 0.15) is 38.3 Å². The van der Waals surface area contributed by atoms with E-state index in [1.165, 1.54) is 10.5 Å². The standard InChI is InChI=1S/C30H31N3O3/c1-21-23(15-16-27-30(2,3)25-13-8-9-14-26(25)32(27)4)28(34)33(29(35)24(21)19-31)17-10-18-36-20-22-11-6-5-7-12-22/h5-9,11-16H,10,17-18,20H2,1-4H3/b23-15-,27-16-. The van der Waals surface area contributed by atoms with E-state index in [1.54, 1.807) is 13.0 Å². The first-order chi connectivity index (χ1) is 17.3. The van der Waals surface area contributed by atoms with Crippen LogP contribution in [0, 0.1) is 11.3 Å². The van der Waals surface area contributed by atoms with Gasteiger partial charge >= 0.3 is 0 Å². The number of para-hydroxylation sites is 1. The van der Waals surface area contributed by atoms with E-state index >= 15 is 0 Å². The van der Waals surface area contributed by atoms with Crippen LogP contribution in [0.4, 0.5) is 5.69 Å². The number of benzene rings is 2. The number of anilines is 1. The van der Waals surface area contributed by atoms with Crippen LogP contribution in [0.3, 0.4) is 0 Å². The molecule has 2 aromatic carbocycles. The first-order valence-electron chi connectivity index (χ1n) is 12.1. The molecule has 4 rings (SSSR count). The number of fused-ring (bicyclic) bond motifs is 1. The summed E-state index contributed by atoms with van der Waals surface area (Å²) in [7, 11) is 2.01. The number of nitrogens with zero attached hydrogens (tertiary/aromatic N) is 3. The van der Waals surface area contributed by atoms with Crippen molar-refractivity contribution in [2.45, 2.75) is 39.2 Å². The fourth-order valence-electron chi connectivity index (χ4n) is 4.91. The van der Waals surface area contributed by atoms with Gasteiger partial charge in [-0.3, -0.25) is 14.5 Å². The minimum atomic E-state index is -0.543. The van der Waals surface area contributed by atoms with Crippen LogP contribution in [0.25, 0.3) is 0 Å². The molecule has 2 heterocycles. The maximum Gasteiger partial charge on any atom is 0.271 e. The number of likely N-dealkylation sites (N-methyl/N-ethyl adjacent to an activating group) is 1. The molecule has 0 bridgehead atoms. The van der Waals surface area contributed by atoms with E-state index in [4.69, 9.17) is 4.74 Å². The summed E-state index contributed by atoms with van der Waals surface area (Å²) in [6, 6.07) is 20.1. The molecule has 0 N–H and O–H groups in total. The van der Waals surface area contributed by atoms with Gasteiger partial charge in [0.2, 0.25) is 0 Å². The lowest BCUT2D eigenvalue weighted by Crippen LogP contribution is -2.43. The summed E-state index contributed by atoms with van der Waals surface area (Å²) in [4.78, 5) is 29.6. The zero-order chi connectivity index (χ0) is 25.9. The lowest BCUT2D eigenvalue weighted by molar-refractivity contribution is -0.140. The van der Waals surface area contributed by atoms with Gasteiger partial charge in [-0.05, 0) is 48.3 Å². The maximum absolute atomic E-state index is 13.4. The van der Waals surface area contributed by atoms with Crippen molar-refractivity contribution in [1.82, 2.24) is 4.90 Å². The fourth-order valence-corrected chi connectivity index (χ4v) is 4.91. The molecule has 0 spiro atoms. The molecule has 0 saturated heterocycles. The van der Waals surface area contributed by atoms with Crippen LogP contribution in [0.15, 0.2) is 89.2 Å². The van der Waals surface area contributed by atoms with E-state index in [0.29, 0.717) is 30.8 Å². The minimum Gasteiger partial charge on any atom is -0.377 e. The van der Waals surface area contributed by atoms with E-state index in [1.807, 2.05) is 61.7 Å². The highest BCUT2D eigenvalue weighted by Gasteiger charge is 2.38. The molecule has 0 unspecified atom stereocenters. The summed E-state index contributed by atoms with van der Waals surface area (Å²) in [6.45, 7) is 7.02. The third kappa shape index (κ3) is 4.62. The number of rotatable bonds is 7. The van der Waals surface area contributed by atoms with E-state index in [-0.39, 0.29) is 23.4 Å². The quantitative estimate of drug-likeness (QED) is 0.315. The van der Waals surface area contributed by atoms with Gasteiger partial charge in [0.1, 0.15) is 11.6 Å². The van der Waals surface area contributed by atoms with E-state index < -0.39 is 5.91 Å².